The normalized spacial score (nSPS) is 11.5. The number of nitrogens with one attached hydrogen (secondary N) is 2. The van der Waals surface area contributed by atoms with Crippen LogP contribution >= 0.6 is 23.8 Å². The van der Waals surface area contributed by atoms with Gasteiger partial charge in [-0.3, -0.25) is 19.3 Å². The SMILES string of the molecule is O=c1[nH]c(=S)n(-c2ccc(Cl)cc2)c(O)c1C=NCCc1c[nH]c2ccccc12. The van der Waals surface area contributed by atoms with Crippen molar-refractivity contribution in [1.82, 2.24) is 14.5 Å². The van der Waals surface area contributed by atoms with E-state index in [1.165, 1.54) is 10.8 Å². The van der Waals surface area contributed by atoms with Gasteiger partial charge in [0.25, 0.3) is 5.56 Å². The fourth-order valence-electron chi connectivity index (χ4n) is 3.16. The maximum atomic E-state index is 12.3. The summed E-state index contributed by atoms with van der Waals surface area (Å²) in [5.74, 6) is -0.267. The number of aromatic hydroxyl groups is 1. The second kappa shape index (κ2) is 8.06. The van der Waals surface area contributed by atoms with Crippen LogP contribution in [0.3, 0.4) is 0 Å². The van der Waals surface area contributed by atoms with Crippen molar-refractivity contribution in [2.24, 2.45) is 4.99 Å². The molecule has 0 spiro atoms. The average Bonchev–Trinajstić information content (AvgIpc) is 3.12. The topological polar surface area (TPSA) is 86.2 Å². The van der Waals surface area contributed by atoms with Crippen molar-refractivity contribution in [3.8, 4) is 11.6 Å². The Labute approximate surface area is 176 Å². The Morgan fingerprint density at radius 1 is 1.17 bits per heavy atom. The van der Waals surface area contributed by atoms with Crippen LogP contribution in [0.15, 0.2) is 64.5 Å². The number of aliphatic imine (C=N–C) groups is 1. The zero-order valence-corrected chi connectivity index (χ0v) is 16.8. The molecule has 8 heteroatoms. The fourth-order valence-corrected chi connectivity index (χ4v) is 3.57. The van der Waals surface area contributed by atoms with E-state index in [-0.39, 0.29) is 16.2 Å². The van der Waals surface area contributed by atoms with Crippen LogP contribution in [0, 0.1) is 4.77 Å². The maximum absolute atomic E-state index is 12.3. The van der Waals surface area contributed by atoms with Gasteiger partial charge >= 0.3 is 0 Å². The highest BCUT2D eigenvalue weighted by molar-refractivity contribution is 7.71. The first-order valence-electron chi connectivity index (χ1n) is 8.93. The van der Waals surface area contributed by atoms with E-state index in [0.717, 1.165) is 16.5 Å². The quantitative estimate of drug-likeness (QED) is 0.328. The van der Waals surface area contributed by atoms with Gasteiger partial charge in [-0.15, -0.1) is 0 Å². The zero-order valence-electron chi connectivity index (χ0n) is 15.2. The zero-order chi connectivity index (χ0) is 20.4. The van der Waals surface area contributed by atoms with E-state index >= 15 is 0 Å². The van der Waals surface area contributed by atoms with Crippen LogP contribution in [0.2, 0.25) is 5.02 Å². The van der Waals surface area contributed by atoms with Gasteiger partial charge in [0.15, 0.2) is 4.77 Å². The van der Waals surface area contributed by atoms with E-state index in [1.807, 2.05) is 24.4 Å². The number of rotatable bonds is 5. The second-order valence-corrected chi connectivity index (χ2v) is 7.28. The van der Waals surface area contributed by atoms with Gasteiger partial charge in [0.1, 0.15) is 5.56 Å². The summed E-state index contributed by atoms with van der Waals surface area (Å²) in [5.41, 5.74) is 2.36. The lowest BCUT2D eigenvalue weighted by Crippen LogP contribution is -2.18. The summed E-state index contributed by atoms with van der Waals surface area (Å²) in [6.45, 7) is 0.470. The molecule has 2 aromatic carbocycles. The van der Waals surface area contributed by atoms with Crippen molar-refractivity contribution in [1.29, 1.82) is 0 Å². The Hall–Kier alpha value is -3.16. The minimum absolute atomic E-state index is 0.0486. The molecule has 4 aromatic rings. The van der Waals surface area contributed by atoms with Gasteiger partial charge in [-0.05, 0) is 54.5 Å². The molecule has 0 aliphatic rings. The van der Waals surface area contributed by atoms with E-state index in [0.29, 0.717) is 23.7 Å². The minimum Gasteiger partial charge on any atom is -0.494 e. The third kappa shape index (κ3) is 3.87. The molecule has 0 fully saturated rings. The summed E-state index contributed by atoms with van der Waals surface area (Å²) in [4.78, 5) is 22.4. The predicted molar refractivity (Wildman–Crippen MR) is 118 cm³/mol. The van der Waals surface area contributed by atoms with Gasteiger partial charge in [-0.2, -0.15) is 0 Å². The van der Waals surface area contributed by atoms with Crippen LogP contribution in [-0.4, -0.2) is 32.4 Å². The van der Waals surface area contributed by atoms with Crippen molar-refractivity contribution < 1.29 is 5.11 Å². The molecular weight excluding hydrogens is 408 g/mol. The van der Waals surface area contributed by atoms with Crippen molar-refractivity contribution in [3.05, 3.63) is 86.0 Å². The number of benzene rings is 2. The minimum atomic E-state index is -0.492. The summed E-state index contributed by atoms with van der Waals surface area (Å²) in [6, 6.07) is 14.8. The Morgan fingerprint density at radius 3 is 2.72 bits per heavy atom. The molecule has 6 nitrogen and oxygen atoms in total. The van der Waals surface area contributed by atoms with Crippen molar-refractivity contribution >= 4 is 40.9 Å². The van der Waals surface area contributed by atoms with Crippen molar-refractivity contribution in [2.45, 2.75) is 6.42 Å². The maximum Gasteiger partial charge on any atom is 0.264 e. The molecule has 29 heavy (non-hydrogen) atoms. The first-order valence-corrected chi connectivity index (χ1v) is 9.72. The van der Waals surface area contributed by atoms with E-state index in [2.05, 4.69) is 21.0 Å². The van der Waals surface area contributed by atoms with Crippen LogP contribution in [0.4, 0.5) is 0 Å². The summed E-state index contributed by atoms with van der Waals surface area (Å²) in [5, 5.41) is 12.4. The Balaban J connectivity index is 1.60. The Bertz CT molecular complexity index is 1320. The number of aromatic nitrogens is 3. The molecule has 0 atom stereocenters. The molecule has 0 unspecified atom stereocenters. The first-order chi connectivity index (χ1) is 14.0. The summed E-state index contributed by atoms with van der Waals surface area (Å²) < 4.78 is 1.46. The molecule has 0 saturated carbocycles. The summed E-state index contributed by atoms with van der Waals surface area (Å²) in [7, 11) is 0. The highest BCUT2D eigenvalue weighted by Crippen LogP contribution is 2.21. The lowest BCUT2D eigenvalue weighted by molar-refractivity contribution is 0.432. The molecule has 146 valence electrons. The number of halogens is 1. The molecule has 3 N–H and O–H groups in total. The predicted octanol–water partition coefficient (Wildman–Crippen LogP) is 4.40. The van der Waals surface area contributed by atoms with E-state index in [9.17, 15) is 9.90 Å². The number of hydrogen-bond acceptors (Lipinski definition) is 4. The van der Waals surface area contributed by atoms with Crippen LogP contribution in [0.5, 0.6) is 5.88 Å². The lowest BCUT2D eigenvalue weighted by atomic mass is 10.1. The van der Waals surface area contributed by atoms with Crippen molar-refractivity contribution in [3.63, 3.8) is 0 Å². The molecule has 0 saturated heterocycles. The molecule has 4 rings (SSSR count). The van der Waals surface area contributed by atoms with Gasteiger partial charge in [-0.25, -0.2) is 0 Å². The van der Waals surface area contributed by atoms with E-state index in [4.69, 9.17) is 23.8 Å². The van der Waals surface area contributed by atoms with Crippen LogP contribution in [0.25, 0.3) is 16.6 Å². The molecule has 2 heterocycles. The highest BCUT2D eigenvalue weighted by atomic mass is 35.5. The second-order valence-electron chi connectivity index (χ2n) is 6.45. The molecule has 0 aliphatic carbocycles. The lowest BCUT2D eigenvalue weighted by Gasteiger charge is -2.11. The smallest absolute Gasteiger partial charge is 0.264 e. The average molecular weight is 425 g/mol. The summed E-state index contributed by atoms with van der Waals surface area (Å²) in [6.07, 6.45) is 4.05. The first kappa shape index (κ1) is 19.2. The number of aromatic amines is 2. The van der Waals surface area contributed by atoms with Crippen LogP contribution in [-0.2, 0) is 6.42 Å². The Kier molecular flexibility index (Phi) is 5.33. The number of nitrogens with zero attached hydrogens (tertiary/aromatic N) is 2. The molecule has 2 aromatic heterocycles. The van der Waals surface area contributed by atoms with E-state index in [1.54, 1.807) is 24.3 Å². The third-order valence-corrected chi connectivity index (χ3v) is 5.15. The number of para-hydroxylation sites is 1. The molecule has 0 amide bonds. The van der Waals surface area contributed by atoms with Crippen LogP contribution in [0.1, 0.15) is 11.1 Å². The van der Waals surface area contributed by atoms with Crippen molar-refractivity contribution in [2.75, 3.05) is 6.54 Å². The van der Waals surface area contributed by atoms with Gasteiger partial charge in [-0.1, -0.05) is 29.8 Å². The number of H-pyrrole nitrogens is 2. The Morgan fingerprint density at radius 2 is 1.93 bits per heavy atom. The monoisotopic (exact) mass is 424 g/mol. The third-order valence-electron chi connectivity index (χ3n) is 4.61. The van der Waals surface area contributed by atoms with Gasteiger partial charge in [0, 0.05) is 34.9 Å². The number of fused-ring (bicyclic) bond motifs is 1. The highest BCUT2D eigenvalue weighted by Gasteiger charge is 2.12. The molecular formula is C21H17ClN4O2S. The largest absolute Gasteiger partial charge is 0.494 e. The van der Waals surface area contributed by atoms with E-state index < -0.39 is 5.56 Å². The molecule has 0 radical (unpaired) electrons. The summed E-state index contributed by atoms with van der Waals surface area (Å²) >= 11 is 11.1. The van der Waals surface area contributed by atoms with Crippen LogP contribution < -0.4 is 5.56 Å². The van der Waals surface area contributed by atoms with Gasteiger partial charge in [0.05, 0.1) is 5.69 Å². The molecule has 0 bridgehead atoms. The number of hydrogen-bond donors (Lipinski definition) is 3. The van der Waals surface area contributed by atoms with Gasteiger partial charge < -0.3 is 10.1 Å². The fraction of sp³-hybridized carbons (Fsp3) is 0.0952. The molecule has 0 aliphatic heterocycles. The standard InChI is InChI=1S/C21H17ClN4O2S/c22-14-5-7-15(8-6-14)26-20(28)17(19(27)25-21(26)29)12-23-10-9-13-11-24-18-4-2-1-3-16(13)18/h1-8,11-12,24,28H,9-10H2,(H,25,27,29). The van der Waals surface area contributed by atoms with Gasteiger partial charge in [0.2, 0.25) is 5.88 Å².